The van der Waals surface area contributed by atoms with Gasteiger partial charge in [0.25, 0.3) is 0 Å². The van der Waals surface area contributed by atoms with E-state index in [-0.39, 0.29) is 0 Å². The number of hydrogen-bond acceptors (Lipinski definition) is 3. The first-order chi connectivity index (χ1) is 12.0. The van der Waals surface area contributed by atoms with Crippen molar-refractivity contribution in [2.24, 2.45) is 4.99 Å². The molecule has 0 aliphatic heterocycles. The Morgan fingerprint density at radius 2 is 2.00 bits per heavy atom. The molecule has 2 aromatic rings. The molecule has 2 rings (SSSR count). The highest BCUT2D eigenvalue weighted by Gasteiger charge is 2.09. The van der Waals surface area contributed by atoms with Crippen LogP contribution >= 0.6 is 0 Å². The second-order valence-electron chi connectivity index (χ2n) is 6.02. The highest BCUT2D eigenvalue weighted by atomic mass is 16.5. The molecule has 1 aromatic heterocycles. The van der Waals surface area contributed by atoms with Crippen LogP contribution in [0.5, 0.6) is 5.88 Å². The molecule has 0 unspecified atom stereocenters. The standard InChI is InChI=1S/C21H27N3O/c1-6-10-18-13-20(22-15-24(5)7-2)17(4)23-21(18)25-14-19-12-9-8-11-16(19)3/h6,8-13,15H,7,14H2,1-5H3/b10-6+,22-15+. The summed E-state index contributed by atoms with van der Waals surface area (Å²) < 4.78 is 6.01. The van der Waals surface area contributed by atoms with E-state index >= 15 is 0 Å². The van der Waals surface area contributed by atoms with Gasteiger partial charge in [-0.25, -0.2) is 9.98 Å². The van der Waals surface area contributed by atoms with Gasteiger partial charge in [-0.15, -0.1) is 0 Å². The highest BCUT2D eigenvalue weighted by molar-refractivity contribution is 5.66. The van der Waals surface area contributed by atoms with Gasteiger partial charge in [0.1, 0.15) is 6.61 Å². The van der Waals surface area contributed by atoms with Crippen molar-refractivity contribution in [1.82, 2.24) is 9.88 Å². The van der Waals surface area contributed by atoms with Crippen molar-refractivity contribution in [3.05, 3.63) is 58.8 Å². The van der Waals surface area contributed by atoms with Gasteiger partial charge in [-0.05, 0) is 44.9 Å². The predicted octanol–water partition coefficient (Wildman–Crippen LogP) is 4.92. The van der Waals surface area contributed by atoms with E-state index in [1.165, 1.54) is 11.1 Å². The number of ether oxygens (including phenoxy) is 1. The smallest absolute Gasteiger partial charge is 0.221 e. The van der Waals surface area contributed by atoms with Gasteiger partial charge >= 0.3 is 0 Å². The number of aryl methyl sites for hydroxylation is 2. The first kappa shape index (κ1) is 18.7. The van der Waals surface area contributed by atoms with Gasteiger partial charge in [-0.2, -0.15) is 0 Å². The van der Waals surface area contributed by atoms with E-state index in [4.69, 9.17) is 4.74 Å². The quantitative estimate of drug-likeness (QED) is 0.531. The molecule has 0 saturated heterocycles. The molecule has 1 aromatic carbocycles. The molecule has 0 atom stereocenters. The summed E-state index contributed by atoms with van der Waals surface area (Å²) in [5.74, 6) is 0.640. The van der Waals surface area contributed by atoms with Crippen molar-refractivity contribution in [3.8, 4) is 5.88 Å². The molecule has 25 heavy (non-hydrogen) atoms. The van der Waals surface area contributed by atoms with Crippen LogP contribution < -0.4 is 4.74 Å². The van der Waals surface area contributed by atoms with E-state index in [0.717, 1.165) is 23.5 Å². The van der Waals surface area contributed by atoms with E-state index in [2.05, 4.69) is 36.0 Å². The molecule has 0 fully saturated rings. The van der Waals surface area contributed by atoms with Gasteiger partial charge in [-0.1, -0.05) is 36.4 Å². The zero-order valence-electron chi connectivity index (χ0n) is 15.8. The minimum atomic E-state index is 0.505. The summed E-state index contributed by atoms with van der Waals surface area (Å²) >= 11 is 0. The first-order valence-electron chi connectivity index (χ1n) is 8.61. The average Bonchev–Trinajstić information content (AvgIpc) is 2.61. The minimum absolute atomic E-state index is 0.505. The molecule has 0 bridgehead atoms. The zero-order valence-corrected chi connectivity index (χ0v) is 15.8. The lowest BCUT2D eigenvalue weighted by molar-refractivity contribution is 0.292. The number of allylic oxidation sites excluding steroid dienone is 1. The number of aliphatic imine (C=N–C) groups is 1. The molecule has 0 aliphatic rings. The van der Waals surface area contributed by atoms with Crippen LogP contribution in [0, 0.1) is 13.8 Å². The Morgan fingerprint density at radius 1 is 1.24 bits per heavy atom. The first-order valence-corrected chi connectivity index (χ1v) is 8.61. The third-order valence-electron chi connectivity index (χ3n) is 4.04. The molecule has 0 amide bonds. The largest absolute Gasteiger partial charge is 0.472 e. The van der Waals surface area contributed by atoms with Crippen molar-refractivity contribution in [2.45, 2.75) is 34.3 Å². The SMILES string of the molecule is C/C=C/c1cc(/N=C/N(C)CC)c(C)nc1OCc1ccccc1C. The summed E-state index contributed by atoms with van der Waals surface area (Å²) in [6.07, 6.45) is 5.82. The molecule has 0 spiro atoms. The average molecular weight is 337 g/mol. The number of pyridine rings is 1. The fourth-order valence-corrected chi connectivity index (χ4v) is 2.29. The fraction of sp³-hybridized carbons (Fsp3) is 0.333. The maximum atomic E-state index is 6.01. The maximum absolute atomic E-state index is 6.01. The van der Waals surface area contributed by atoms with Gasteiger partial charge in [0.2, 0.25) is 5.88 Å². The van der Waals surface area contributed by atoms with E-state index in [0.29, 0.717) is 12.5 Å². The Balaban J connectivity index is 2.27. The Hall–Kier alpha value is -2.62. The van der Waals surface area contributed by atoms with Crippen molar-refractivity contribution in [2.75, 3.05) is 13.6 Å². The molecule has 4 heteroatoms. The fourth-order valence-electron chi connectivity index (χ4n) is 2.29. The van der Waals surface area contributed by atoms with E-state index in [1.807, 2.05) is 62.5 Å². The summed E-state index contributed by atoms with van der Waals surface area (Å²) in [5, 5.41) is 0. The highest BCUT2D eigenvalue weighted by Crippen LogP contribution is 2.27. The van der Waals surface area contributed by atoms with Crippen molar-refractivity contribution >= 4 is 18.1 Å². The van der Waals surface area contributed by atoms with Crippen molar-refractivity contribution in [1.29, 1.82) is 0 Å². The summed E-state index contributed by atoms with van der Waals surface area (Å²) in [6.45, 7) is 9.54. The van der Waals surface area contributed by atoms with Gasteiger partial charge in [0, 0.05) is 19.2 Å². The number of rotatable bonds is 7. The second-order valence-corrected chi connectivity index (χ2v) is 6.02. The lowest BCUT2D eigenvalue weighted by atomic mass is 10.1. The topological polar surface area (TPSA) is 37.7 Å². The van der Waals surface area contributed by atoms with E-state index in [1.54, 1.807) is 0 Å². The zero-order chi connectivity index (χ0) is 18.2. The molecular weight excluding hydrogens is 310 g/mol. The van der Waals surface area contributed by atoms with E-state index in [9.17, 15) is 0 Å². The monoisotopic (exact) mass is 337 g/mol. The Kier molecular flexibility index (Phi) is 6.75. The lowest BCUT2D eigenvalue weighted by Crippen LogP contribution is -2.14. The third kappa shape index (κ3) is 5.18. The molecular formula is C21H27N3O. The Labute approximate surface area is 150 Å². The molecule has 0 aliphatic carbocycles. The molecule has 4 nitrogen and oxygen atoms in total. The summed E-state index contributed by atoms with van der Waals surface area (Å²) in [6, 6.07) is 10.3. The van der Waals surface area contributed by atoms with Crippen LogP contribution in [0.25, 0.3) is 6.08 Å². The minimum Gasteiger partial charge on any atom is -0.472 e. The van der Waals surface area contributed by atoms with Crippen LogP contribution in [0.2, 0.25) is 0 Å². The summed E-state index contributed by atoms with van der Waals surface area (Å²) in [5.41, 5.74) is 5.04. The van der Waals surface area contributed by atoms with Crippen LogP contribution in [0.4, 0.5) is 5.69 Å². The lowest BCUT2D eigenvalue weighted by Gasteiger charge is -2.13. The molecule has 0 N–H and O–H groups in total. The number of aromatic nitrogens is 1. The molecule has 132 valence electrons. The Morgan fingerprint density at radius 3 is 2.68 bits per heavy atom. The summed E-state index contributed by atoms with van der Waals surface area (Å²) in [4.78, 5) is 11.2. The normalized spacial score (nSPS) is 11.4. The van der Waals surface area contributed by atoms with Crippen LogP contribution in [-0.2, 0) is 6.61 Å². The molecule has 0 saturated carbocycles. The van der Waals surface area contributed by atoms with Crippen molar-refractivity contribution in [3.63, 3.8) is 0 Å². The van der Waals surface area contributed by atoms with Gasteiger partial charge in [-0.3, -0.25) is 0 Å². The van der Waals surface area contributed by atoms with Gasteiger partial charge in [0.15, 0.2) is 0 Å². The predicted molar refractivity (Wildman–Crippen MR) is 106 cm³/mol. The maximum Gasteiger partial charge on any atom is 0.221 e. The van der Waals surface area contributed by atoms with Crippen LogP contribution in [-0.4, -0.2) is 29.8 Å². The second kappa shape index (κ2) is 9.02. The summed E-state index contributed by atoms with van der Waals surface area (Å²) in [7, 11) is 2.00. The van der Waals surface area contributed by atoms with E-state index < -0.39 is 0 Å². The third-order valence-corrected chi connectivity index (χ3v) is 4.04. The van der Waals surface area contributed by atoms with Crippen LogP contribution in [0.3, 0.4) is 0 Å². The molecule has 0 radical (unpaired) electrons. The van der Waals surface area contributed by atoms with Gasteiger partial charge in [0.05, 0.1) is 17.7 Å². The number of nitrogens with zero attached hydrogens (tertiary/aromatic N) is 3. The Bertz CT molecular complexity index is 766. The number of hydrogen-bond donors (Lipinski definition) is 0. The van der Waals surface area contributed by atoms with Crippen LogP contribution in [0.15, 0.2) is 41.4 Å². The number of benzene rings is 1. The van der Waals surface area contributed by atoms with Crippen LogP contribution in [0.1, 0.15) is 36.2 Å². The van der Waals surface area contributed by atoms with Gasteiger partial charge < -0.3 is 9.64 Å². The van der Waals surface area contributed by atoms with Crippen molar-refractivity contribution < 1.29 is 4.74 Å². The molecule has 1 heterocycles.